The van der Waals surface area contributed by atoms with Gasteiger partial charge < -0.3 is 10.0 Å². The Morgan fingerprint density at radius 2 is 1.70 bits per heavy atom. The van der Waals surface area contributed by atoms with E-state index >= 15 is 0 Å². The van der Waals surface area contributed by atoms with Crippen molar-refractivity contribution in [3.63, 3.8) is 0 Å². The first-order chi connectivity index (χ1) is 10.8. The molecule has 0 saturated carbocycles. The summed E-state index contributed by atoms with van der Waals surface area (Å²) in [5.41, 5.74) is 1.01. The molecular weight excluding hydrogens is 312 g/mol. The number of benzene rings is 1. The van der Waals surface area contributed by atoms with E-state index in [1.165, 1.54) is 12.1 Å². The molecule has 0 fully saturated rings. The summed E-state index contributed by atoms with van der Waals surface area (Å²) in [4.78, 5) is 2.06. The molecule has 0 heterocycles. The SMILES string of the molecule is CCCCCCC/C([O-])=N/S(=O)(=O)c1ccc(CN(C)C)cc1. The van der Waals surface area contributed by atoms with E-state index in [2.05, 4.69) is 11.3 Å². The highest BCUT2D eigenvalue weighted by Crippen LogP contribution is 2.15. The van der Waals surface area contributed by atoms with E-state index in [-0.39, 0.29) is 11.3 Å². The average Bonchev–Trinajstić information content (AvgIpc) is 2.46. The molecule has 0 radical (unpaired) electrons. The van der Waals surface area contributed by atoms with Crippen LogP contribution in [0.3, 0.4) is 0 Å². The molecule has 0 N–H and O–H groups in total. The Kier molecular flexibility index (Phi) is 8.26. The number of nitrogens with zero attached hydrogens (tertiary/aromatic N) is 2. The molecule has 0 unspecified atom stereocenters. The fraction of sp³-hybridized carbons (Fsp3) is 0.588. The number of unbranched alkanes of at least 4 members (excludes halogenated alkanes) is 4. The Labute approximate surface area is 140 Å². The standard InChI is InChI=1S/C17H28N2O3S/c1-4-5-6-7-8-9-17(20)18-23(21,22)16-12-10-15(11-13-16)14-19(2)3/h10-13H,4-9,14H2,1-3H3,(H,18,20)/p-1. The lowest BCUT2D eigenvalue weighted by Crippen LogP contribution is -2.19. The van der Waals surface area contributed by atoms with Gasteiger partial charge in [-0.05, 0) is 50.5 Å². The Balaban J connectivity index is 2.64. The topological polar surface area (TPSA) is 72.8 Å². The first-order valence-corrected chi connectivity index (χ1v) is 9.53. The predicted octanol–water partition coefficient (Wildman–Crippen LogP) is 2.56. The van der Waals surface area contributed by atoms with Gasteiger partial charge in [-0.25, -0.2) is 0 Å². The number of sulfonamides is 1. The molecule has 0 aliphatic heterocycles. The summed E-state index contributed by atoms with van der Waals surface area (Å²) in [6.45, 7) is 2.85. The maximum absolute atomic E-state index is 12.1. The molecule has 130 valence electrons. The van der Waals surface area contributed by atoms with Crippen LogP contribution in [-0.4, -0.2) is 33.3 Å². The van der Waals surface area contributed by atoms with Gasteiger partial charge in [-0.3, -0.25) is 0 Å². The van der Waals surface area contributed by atoms with Crippen molar-refractivity contribution >= 4 is 15.9 Å². The quantitative estimate of drug-likeness (QED) is 0.373. The Hall–Kier alpha value is -1.40. The van der Waals surface area contributed by atoms with Crippen LogP contribution in [0.4, 0.5) is 0 Å². The third-order valence-electron chi connectivity index (χ3n) is 3.44. The van der Waals surface area contributed by atoms with Gasteiger partial charge >= 0.3 is 0 Å². The van der Waals surface area contributed by atoms with Crippen molar-refractivity contribution in [3.05, 3.63) is 29.8 Å². The third-order valence-corrected chi connectivity index (χ3v) is 4.75. The lowest BCUT2D eigenvalue weighted by Gasteiger charge is -2.11. The van der Waals surface area contributed by atoms with Crippen LogP contribution in [0.2, 0.25) is 0 Å². The Bertz CT molecular complexity index is 593. The van der Waals surface area contributed by atoms with Crippen molar-refractivity contribution < 1.29 is 13.5 Å². The zero-order chi connectivity index (χ0) is 17.3. The highest BCUT2D eigenvalue weighted by Gasteiger charge is 2.12. The van der Waals surface area contributed by atoms with Gasteiger partial charge in [-0.15, -0.1) is 0 Å². The van der Waals surface area contributed by atoms with Crippen molar-refractivity contribution in [1.29, 1.82) is 0 Å². The van der Waals surface area contributed by atoms with E-state index in [1.54, 1.807) is 12.1 Å². The van der Waals surface area contributed by atoms with Gasteiger partial charge in [0.1, 0.15) is 0 Å². The molecule has 6 heteroatoms. The normalized spacial score (nSPS) is 12.8. The van der Waals surface area contributed by atoms with Gasteiger partial charge in [0, 0.05) is 6.54 Å². The van der Waals surface area contributed by atoms with Crippen molar-refractivity contribution in [3.8, 4) is 0 Å². The molecule has 0 bridgehead atoms. The molecule has 1 aromatic carbocycles. The molecule has 23 heavy (non-hydrogen) atoms. The zero-order valence-electron chi connectivity index (χ0n) is 14.3. The van der Waals surface area contributed by atoms with Gasteiger partial charge in [0.05, 0.1) is 4.90 Å². The van der Waals surface area contributed by atoms with Crippen LogP contribution >= 0.6 is 0 Å². The minimum atomic E-state index is -3.89. The second-order valence-corrected chi connectivity index (χ2v) is 7.61. The summed E-state index contributed by atoms with van der Waals surface area (Å²) in [5, 5.41) is 11.7. The molecule has 5 nitrogen and oxygen atoms in total. The number of hydrogen-bond donors (Lipinski definition) is 0. The molecule has 0 atom stereocenters. The summed E-state index contributed by atoms with van der Waals surface area (Å²) in [6.07, 6.45) is 5.18. The smallest absolute Gasteiger partial charge is 0.281 e. The van der Waals surface area contributed by atoms with Crippen LogP contribution in [0.1, 0.15) is 51.0 Å². The maximum atomic E-state index is 12.1. The van der Waals surface area contributed by atoms with Crippen molar-refractivity contribution in [2.75, 3.05) is 14.1 Å². The molecule has 1 aromatic rings. The lowest BCUT2D eigenvalue weighted by molar-refractivity contribution is -0.218. The van der Waals surface area contributed by atoms with Gasteiger partial charge in [-0.1, -0.05) is 44.7 Å². The number of hydrogen-bond acceptors (Lipinski definition) is 4. The summed E-state index contributed by atoms with van der Waals surface area (Å²) in [7, 11) is -0.00302. The summed E-state index contributed by atoms with van der Waals surface area (Å²) < 4.78 is 27.6. The summed E-state index contributed by atoms with van der Waals surface area (Å²) >= 11 is 0. The lowest BCUT2D eigenvalue weighted by atomic mass is 10.1. The second kappa shape index (κ2) is 9.67. The van der Waals surface area contributed by atoms with Gasteiger partial charge in [0.2, 0.25) is 0 Å². The molecule has 0 aliphatic rings. The van der Waals surface area contributed by atoms with Crippen molar-refractivity contribution in [2.45, 2.75) is 56.9 Å². The highest BCUT2D eigenvalue weighted by molar-refractivity contribution is 7.90. The molecule has 0 aromatic heterocycles. The van der Waals surface area contributed by atoms with Gasteiger partial charge in [0.25, 0.3) is 10.0 Å². The van der Waals surface area contributed by atoms with E-state index in [0.717, 1.165) is 37.8 Å². The second-order valence-electron chi connectivity index (χ2n) is 6.01. The van der Waals surface area contributed by atoms with E-state index < -0.39 is 15.9 Å². The largest absolute Gasteiger partial charge is 0.861 e. The van der Waals surface area contributed by atoms with Crippen LogP contribution in [0.15, 0.2) is 33.6 Å². The highest BCUT2D eigenvalue weighted by atomic mass is 32.2. The van der Waals surface area contributed by atoms with Crippen LogP contribution in [0.5, 0.6) is 0 Å². The zero-order valence-corrected chi connectivity index (χ0v) is 15.1. The van der Waals surface area contributed by atoms with Crippen molar-refractivity contribution in [1.82, 2.24) is 4.90 Å². The third kappa shape index (κ3) is 7.61. The fourth-order valence-electron chi connectivity index (χ4n) is 2.24. The molecule has 0 aliphatic carbocycles. The average molecular weight is 339 g/mol. The van der Waals surface area contributed by atoms with Crippen LogP contribution in [0, 0.1) is 0 Å². The fourth-order valence-corrected chi connectivity index (χ4v) is 3.19. The van der Waals surface area contributed by atoms with E-state index in [4.69, 9.17) is 0 Å². The molecule has 0 saturated heterocycles. The number of rotatable bonds is 10. The van der Waals surface area contributed by atoms with Crippen LogP contribution in [-0.2, 0) is 16.6 Å². The van der Waals surface area contributed by atoms with E-state index in [9.17, 15) is 13.5 Å². The monoisotopic (exact) mass is 339 g/mol. The van der Waals surface area contributed by atoms with Crippen LogP contribution < -0.4 is 5.11 Å². The molecule has 0 amide bonds. The minimum absolute atomic E-state index is 0.0688. The molecular formula is C17H27N2O3S-. The molecule has 1 rings (SSSR count). The Morgan fingerprint density at radius 1 is 1.09 bits per heavy atom. The summed E-state index contributed by atoms with van der Waals surface area (Å²) in [6, 6.07) is 6.51. The van der Waals surface area contributed by atoms with E-state index in [1.807, 2.05) is 19.0 Å². The molecule has 0 spiro atoms. The first kappa shape index (κ1) is 19.6. The maximum Gasteiger partial charge on any atom is 0.281 e. The minimum Gasteiger partial charge on any atom is -0.861 e. The first-order valence-electron chi connectivity index (χ1n) is 8.09. The van der Waals surface area contributed by atoms with Crippen LogP contribution in [0.25, 0.3) is 0 Å². The predicted molar refractivity (Wildman–Crippen MR) is 91.8 cm³/mol. The summed E-state index contributed by atoms with van der Waals surface area (Å²) in [5.74, 6) is -0.557. The Morgan fingerprint density at radius 3 is 2.26 bits per heavy atom. The van der Waals surface area contributed by atoms with E-state index in [0.29, 0.717) is 6.42 Å². The van der Waals surface area contributed by atoms with Gasteiger partial charge in [-0.2, -0.15) is 12.8 Å². The van der Waals surface area contributed by atoms with Crippen molar-refractivity contribution in [2.24, 2.45) is 4.40 Å². The van der Waals surface area contributed by atoms with Gasteiger partial charge in [0.15, 0.2) is 0 Å².